The van der Waals surface area contributed by atoms with Crippen LogP contribution in [0.3, 0.4) is 0 Å². The number of halogens is 1. The van der Waals surface area contributed by atoms with Crippen molar-refractivity contribution in [1.82, 2.24) is 19.7 Å². The minimum Gasteiger partial charge on any atom is -0.394 e. The molecular formula is C28H34FN7O4. The van der Waals surface area contributed by atoms with E-state index in [9.17, 15) is 19.1 Å². The van der Waals surface area contributed by atoms with Crippen LogP contribution in [-0.2, 0) is 5.41 Å². The molecule has 0 radical (unpaired) electrons. The van der Waals surface area contributed by atoms with Crippen molar-refractivity contribution >= 4 is 34.6 Å². The topological polar surface area (TPSA) is 147 Å². The van der Waals surface area contributed by atoms with E-state index in [-0.39, 0.29) is 47.2 Å². The summed E-state index contributed by atoms with van der Waals surface area (Å²) in [6.07, 6.45) is 1.59. The highest BCUT2D eigenvalue weighted by Crippen LogP contribution is 2.30. The van der Waals surface area contributed by atoms with E-state index in [1.165, 1.54) is 12.1 Å². The molecule has 4 aromatic rings. The first-order valence-corrected chi connectivity index (χ1v) is 12.9. The summed E-state index contributed by atoms with van der Waals surface area (Å²) in [5.74, 6) is -0.259. The van der Waals surface area contributed by atoms with E-state index in [2.05, 4.69) is 31.1 Å². The Hall–Kier alpha value is -4.32. The van der Waals surface area contributed by atoms with Crippen LogP contribution in [0, 0.1) is 12.7 Å². The number of fused-ring (bicyclic) bond motifs is 1. The zero-order valence-electron chi connectivity index (χ0n) is 23.6. The van der Waals surface area contributed by atoms with E-state index < -0.39 is 11.8 Å². The lowest BCUT2D eigenvalue weighted by molar-refractivity contribution is 0.261. The number of hydrogen-bond acceptors (Lipinski definition) is 8. The smallest absolute Gasteiger partial charge is 0.326 e. The summed E-state index contributed by atoms with van der Waals surface area (Å²) in [6, 6.07) is 4.70. The lowest BCUT2D eigenvalue weighted by Gasteiger charge is -2.18. The summed E-state index contributed by atoms with van der Waals surface area (Å²) >= 11 is 0. The van der Waals surface area contributed by atoms with Crippen LogP contribution in [0.5, 0.6) is 0 Å². The van der Waals surface area contributed by atoms with Gasteiger partial charge < -0.3 is 20.3 Å². The van der Waals surface area contributed by atoms with Crippen molar-refractivity contribution in [2.45, 2.75) is 66.0 Å². The second-order valence-electron chi connectivity index (χ2n) is 11.1. The van der Waals surface area contributed by atoms with Crippen LogP contribution in [0.2, 0.25) is 0 Å². The number of aryl methyl sites for hydroxylation is 1. The molecule has 0 spiro atoms. The van der Waals surface area contributed by atoms with Gasteiger partial charge >= 0.3 is 6.03 Å². The van der Waals surface area contributed by atoms with Gasteiger partial charge in [-0.1, -0.05) is 25.9 Å². The molecule has 1 aromatic carbocycles. The molecule has 1 atom stereocenters. The Morgan fingerprint density at radius 1 is 1.12 bits per heavy atom. The highest BCUT2D eigenvalue weighted by atomic mass is 19.1. The second kappa shape index (κ2) is 11.0. The Labute approximate surface area is 230 Å². The number of rotatable bonds is 7. The molecule has 0 fully saturated rings. The van der Waals surface area contributed by atoms with Crippen molar-refractivity contribution in [3.8, 4) is 11.1 Å². The number of benzene rings is 1. The number of carbonyl (C=O) groups is 1. The highest BCUT2D eigenvalue weighted by molar-refractivity contribution is 5.99. The van der Waals surface area contributed by atoms with Crippen LogP contribution in [0.4, 0.5) is 26.7 Å². The van der Waals surface area contributed by atoms with Crippen LogP contribution >= 0.6 is 0 Å². The number of aromatic nitrogens is 4. The maximum Gasteiger partial charge on any atom is 0.326 e. The minimum absolute atomic E-state index is 0.105. The molecular weight excluding hydrogens is 517 g/mol. The summed E-state index contributed by atoms with van der Waals surface area (Å²) in [6.45, 7) is 13.0. The van der Waals surface area contributed by atoms with E-state index in [0.29, 0.717) is 33.4 Å². The molecule has 0 bridgehead atoms. The van der Waals surface area contributed by atoms with Crippen LogP contribution in [-0.4, -0.2) is 43.5 Å². The van der Waals surface area contributed by atoms with Gasteiger partial charge in [0.05, 0.1) is 18.0 Å². The molecule has 12 heteroatoms. The zero-order valence-corrected chi connectivity index (χ0v) is 23.6. The first-order chi connectivity index (χ1) is 18.8. The van der Waals surface area contributed by atoms with Crippen molar-refractivity contribution in [2.24, 2.45) is 0 Å². The predicted octanol–water partition coefficient (Wildman–Crippen LogP) is 5.21. The van der Waals surface area contributed by atoms with Crippen LogP contribution < -0.4 is 21.5 Å². The highest BCUT2D eigenvalue weighted by Gasteiger charge is 2.21. The average Bonchev–Trinajstić information content (AvgIpc) is 3.34. The molecule has 0 aliphatic rings. The summed E-state index contributed by atoms with van der Waals surface area (Å²) in [4.78, 5) is 35.2. The molecule has 212 valence electrons. The molecule has 2 amide bonds. The van der Waals surface area contributed by atoms with Crippen molar-refractivity contribution in [3.05, 3.63) is 57.9 Å². The van der Waals surface area contributed by atoms with Gasteiger partial charge in [0.15, 0.2) is 0 Å². The Morgan fingerprint density at radius 2 is 1.85 bits per heavy atom. The standard InChI is InChI=1S/C28H34FN7O4/c1-14(2)36-24-17(12-30-26(34-24)31-16(4)13-37)9-19(25(36)38)18-10-21(20(29)8-15(18)3)32-27(39)33-23-11-22(35-40-23)28(5,6)7/h8-12,14,16,37H,13H2,1-7H3,(H,30,31,34)(H2,32,33,39)/t16-/m0/s1. The molecule has 11 nitrogen and oxygen atoms in total. The third-order valence-electron chi connectivity index (χ3n) is 6.31. The second-order valence-corrected chi connectivity index (χ2v) is 11.1. The van der Waals surface area contributed by atoms with Crippen molar-refractivity contribution in [2.75, 3.05) is 22.6 Å². The van der Waals surface area contributed by atoms with Gasteiger partial charge in [-0.15, -0.1) is 0 Å². The summed E-state index contributed by atoms with van der Waals surface area (Å²) in [5, 5.41) is 21.9. The average molecular weight is 552 g/mol. The van der Waals surface area contributed by atoms with Gasteiger partial charge in [0.2, 0.25) is 11.8 Å². The minimum atomic E-state index is -0.728. The van der Waals surface area contributed by atoms with E-state index in [1.54, 1.807) is 36.7 Å². The number of aliphatic hydroxyl groups is 1. The van der Waals surface area contributed by atoms with Gasteiger partial charge in [-0.3, -0.25) is 14.7 Å². The quantitative estimate of drug-likeness (QED) is 0.245. The number of urea groups is 1. The largest absolute Gasteiger partial charge is 0.394 e. The molecule has 3 aromatic heterocycles. The number of carbonyl (C=O) groups excluding carboxylic acids is 1. The van der Waals surface area contributed by atoms with Gasteiger partial charge in [0.1, 0.15) is 11.5 Å². The predicted molar refractivity (Wildman–Crippen MR) is 152 cm³/mol. The van der Waals surface area contributed by atoms with Crippen molar-refractivity contribution in [3.63, 3.8) is 0 Å². The SMILES string of the molecule is Cc1cc(F)c(NC(=O)Nc2cc(C(C)(C)C)no2)cc1-c1cc2cnc(N[C@@H](C)CO)nc2n(C(C)C)c1=O. The number of nitrogens with zero attached hydrogens (tertiary/aromatic N) is 4. The Morgan fingerprint density at radius 3 is 2.48 bits per heavy atom. The molecule has 40 heavy (non-hydrogen) atoms. The molecule has 0 saturated heterocycles. The van der Waals surface area contributed by atoms with Crippen molar-refractivity contribution in [1.29, 1.82) is 0 Å². The molecule has 0 unspecified atom stereocenters. The summed E-state index contributed by atoms with van der Waals surface area (Å²) < 4.78 is 21.7. The number of pyridine rings is 1. The summed E-state index contributed by atoms with van der Waals surface area (Å²) in [5.41, 5.74) is 1.62. The Kier molecular flexibility index (Phi) is 7.92. The van der Waals surface area contributed by atoms with Gasteiger partial charge in [0.25, 0.3) is 5.56 Å². The van der Waals surface area contributed by atoms with Crippen LogP contribution in [0.1, 0.15) is 58.8 Å². The number of nitrogens with one attached hydrogen (secondary N) is 3. The third-order valence-corrected chi connectivity index (χ3v) is 6.31. The summed E-state index contributed by atoms with van der Waals surface area (Å²) in [7, 11) is 0. The van der Waals surface area contributed by atoms with E-state index in [1.807, 2.05) is 34.6 Å². The number of amides is 2. The maximum absolute atomic E-state index is 14.9. The van der Waals surface area contributed by atoms with E-state index in [0.717, 1.165) is 0 Å². The number of hydrogen-bond donors (Lipinski definition) is 4. The maximum atomic E-state index is 14.9. The molecule has 0 aliphatic heterocycles. The monoisotopic (exact) mass is 551 g/mol. The Bertz CT molecular complexity index is 1620. The third kappa shape index (κ3) is 5.96. The first kappa shape index (κ1) is 28.7. The van der Waals surface area contributed by atoms with E-state index in [4.69, 9.17) is 4.52 Å². The number of anilines is 3. The fourth-order valence-corrected chi connectivity index (χ4v) is 4.14. The van der Waals surface area contributed by atoms with Crippen LogP contribution in [0.25, 0.3) is 22.2 Å². The molecule has 0 saturated carbocycles. The van der Waals surface area contributed by atoms with Crippen molar-refractivity contribution < 1.29 is 18.8 Å². The molecule has 4 N–H and O–H groups in total. The fourth-order valence-electron chi connectivity index (χ4n) is 4.14. The van der Waals surface area contributed by atoms with Gasteiger partial charge in [-0.05, 0) is 57.0 Å². The lowest BCUT2D eigenvalue weighted by atomic mass is 9.92. The lowest BCUT2D eigenvalue weighted by Crippen LogP contribution is -2.26. The molecule has 3 heterocycles. The first-order valence-electron chi connectivity index (χ1n) is 12.9. The van der Waals surface area contributed by atoms with Gasteiger partial charge in [0, 0.05) is 40.7 Å². The van der Waals surface area contributed by atoms with E-state index >= 15 is 0 Å². The molecule has 0 aliphatic carbocycles. The Balaban J connectivity index is 1.72. The van der Waals surface area contributed by atoms with Gasteiger partial charge in [-0.25, -0.2) is 14.2 Å². The molecule has 4 rings (SSSR count). The fraction of sp³-hybridized carbons (Fsp3) is 0.393. The van der Waals surface area contributed by atoms with Crippen LogP contribution in [0.15, 0.2) is 39.8 Å². The zero-order chi connectivity index (χ0) is 29.4. The normalized spacial score (nSPS) is 12.6. The number of aliphatic hydroxyl groups excluding tert-OH is 1. The van der Waals surface area contributed by atoms with Gasteiger partial charge in [-0.2, -0.15) is 4.98 Å².